The molecule has 0 amide bonds. The second kappa shape index (κ2) is 6.69. The van der Waals surface area contributed by atoms with Crippen LogP contribution in [0.1, 0.15) is 22.3 Å². The Balaban J connectivity index is 2.13. The molecule has 1 aromatic rings. The molecule has 0 bridgehead atoms. The van der Waals surface area contributed by atoms with Crippen LogP contribution in [0.25, 0.3) is 0 Å². The zero-order chi connectivity index (χ0) is 15.4. The van der Waals surface area contributed by atoms with Gasteiger partial charge in [0.05, 0.1) is 25.9 Å². The molecule has 1 N–H and O–H groups in total. The Morgan fingerprint density at radius 2 is 2.10 bits per heavy atom. The monoisotopic (exact) mass is 293 g/mol. The predicted octanol–water partition coefficient (Wildman–Crippen LogP) is 0.581. The highest BCUT2D eigenvalue weighted by Gasteiger charge is 2.36. The van der Waals surface area contributed by atoms with Crippen molar-refractivity contribution in [3.63, 3.8) is 0 Å². The van der Waals surface area contributed by atoms with Gasteiger partial charge in [0.2, 0.25) is 0 Å². The summed E-state index contributed by atoms with van der Waals surface area (Å²) in [5.41, 5.74) is 1.34. The lowest BCUT2D eigenvalue weighted by Crippen LogP contribution is -2.36. The van der Waals surface area contributed by atoms with Gasteiger partial charge in [-0.1, -0.05) is 12.1 Å². The van der Waals surface area contributed by atoms with Crippen LogP contribution in [0.4, 0.5) is 0 Å². The van der Waals surface area contributed by atoms with E-state index in [-0.39, 0.29) is 5.97 Å². The van der Waals surface area contributed by atoms with Gasteiger partial charge in [0, 0.05) is 19.5 Å². The van der Waals surface area contributed by atoms with Crippen molar-refractivity contribution in [2.24, 2.45) is 0 Å². The van der Waals surface area contributed by atoms with Gasteiger partial charge < -0.3 is 14.6 Å². The molecule has 0 spiro atoms. The minimum Gasteiger partial charge on any atom is -0.468 e. The van der Waals surface area contributed by atoms with Crippen LogP contribution in [0.3, 0.4) is 0 Å². The molecular formula is C15H19NO5. The quantitative estimate of drug-likeness (QED) is 0.819. The molecule has 1 aromatic carbocycles. The standard InChI is InChI=1S/C15H19NO5/c1-20-14(18)11-5-3-4-10(6-11)8-16-9-12(17)7-13(16)15(19)21-2/h3-6,12-13,17H,7-9H2,1-2H3. The molecule has 2 rings (SSSR count). The highest BCUT2D eigenvalue weighted by molar-refractivity contribution is 5.89. The molecule has 1 aliphatic heterocycles. The Labute approximate surface area is 123 Å². The van der Waals surface area contributed by atoms with Crippen LogP contribution in [0.15, 0.2) is 24.3 Å². The van der Waals surface area contributed by atoms with Crippen molar-refractivity contribution >= 4 is 11.9 Å². The van der Waals surface area contributed by atoms with Gasteiger partial charge in [0.15, 0.2) is 0 Å². The number of esters is 2. The van der Waals surface area contributed by atoms with Crippen molar-refractivity contribution < 1.29 is 24.2 Å². The number of likely N-dealkylation sites (tertiary alicyclic amines) is 1. The number of hydrogen-bond donors (Lipinski definition) is 1. The molecule has 6 nitrogen and oxygen atoms in total. The number of carbonyl (C=O) groups excluding carboxylic acids is 2. The van der Waals surface area contributed by atoms with E-state index < -0.39 is 18.1 Å². The van der Waals surface area contributed by atoms with Gasteiger partial charge in [-0.25, -0.2) is 4.79 Å². The van der Waals surface area contributed by atoms with Gasteiger partial charge >= 0.3 is 11.9 Å². The Hall–Kier alpha value is -1.92. The van der Waals surface area contributed by atoms with Crippen LogP contribution >= 0.6 is 0 Å². The lowest BCUT2D eigenvalue weighted by Gasteiger charge is -2.22. The highest BCUT2D eigenvalue weighted by atomic mass is 16.5. The maximum atomic E-state index is 11.7. The summed E-state index contributed by atoms with van der Waals surface area (Å²) < 4.78 is 9.45. The molecule has 0 saturated carbocycles. The van der Waals surface area contributed by atoms with E-state index in [1.807, 2.05) is 11.0 Å². The Morgan fingerprint density at radius 1 is 1.33 bits per heavy atom. The number of ether oxygens (including phenoxy) is 2. The summed E-state index contributed by atoms with van der Waals surface area (Å²) >= 11 is 0. The minimum atomic E-state index is -0.544. The zero-order valence-corrected chi connectivity index (χ0v) is 12.1. The number of benzene rings is 1. The van der Waals surface area contributed by atoms with Gasteiger partial charge in [-0.2, -0.15) is 0 Å². The van der Waals surface area contributed by atoms with E-state index in [1.165, 1.54) is 14.2 Å². The van der Waals surface area contributed by atoms with Gasteiger partial charge in [0.25, 0.3) is 0 Å². The summed E-state index contributed by atoms with van der Waals surface area (Å²) in [5.74, 6) is -0.751. The van der Waals surface area contributed by atoms with Crippen molar-refractivity contribution in [3.8, 4) is 0 Å². The van der Waals surface area contributed by atoms with Crippen LogP contribution < -0.4 is 0 Å². The molecule has 2 unspecified atom stereocenters. The van der Waals surface area contributed by atoms with Crippen molar-refractivity contribution in [2.45, 2.75) is 25.1 Å². The fourth-order valence-electron chi connectivity index (χ4n) is 2.58. The topological polar surface area (TPSA) is 76.1 Å². The molecule has 6 heteroatoms. The number of rotatable bonds is 4. The molecule has 1 fully saturated rings. The highest BCUT2D eigenvalue weighted by Crippen LogP contribution is 2.22. The third kappa shape index (κ3) is 3.59. The van der Waals surface area contributed by atoms with E-state index in [1.54, 1.807) is 18.2 Å². The minimum absolute atomic E-state index is 0.351. The predicted molar refractivity (Wildman–Crippen MR) is 74.6 cm³/mol. The average Bonchev–Trinajstić information content (AvgIpc) is 2.86. The van der Waals surface area contributed by atoms with Gasteiger partial charge in [-0.3, -0.25) is 9.69 Å². The average molecular weight is 293 g/mol. The summed E-state index contributed by atoms with van der Waals surface area (Å²) in [5, 5.41) is 9.75. The zero-order valence-electron chi connectivity index (χ0n) is 12.1. The first-order chi connectivity index (χ1) is 10.0. The Kier molecular flexibility index (Phi) is 4.93. The first-order valence-electron chi connectivity index (χ1n) is 6.72. The molecule has 0 aliphatic carbocycles. The van der Waals surface area contributed by atoms with Gasteiger partial charge in [0.1, 0.15) is 6.04 Å². The summed E-state index contributed by atoms with van der Waals surface area (Å²) in [4.78, 5) is 25.1. The summed E-state index contributed by atoms with van der Waals surface area (Å²) in [6, 6.07) is 6.58. The van der Waals surface area contributed by atoms with Gasteiger partial charge in [-0.05, 0) is 17.7 Å². The van der Waals surface area contributed by atoms with E-state index in [0.717, 1.165) is 5.56 Å². The van der Waals surface area contributed by atoms with Crippen LogP contribution in [-0.2, 0) is 20.8 Å². The van der Waals surface area contributed by atoms with Crippen LogP contribution in [0.2, 0.25) is 0 Å². The lowest BCUT2D eigenvalue weighted by atomic mass is 10.1. The van der Waals surface area contributed by atoms with Crippen LogP contribution in [0, 0.1) is 0 Å². The van der Waals surface area contributed by atoms with Crippen LogP contribution in [-0.4, -0.2) is 54.9 Å². The number of nitrogens with zero attached hydrogens (tertiary/aromatic N) is 1. The second-order valence-corrected chi connectivity index (χ2v) is 5.05. The van der Waals surface area contributed by atoms with E-state index in [2.05, 4.69) is 4.74 Å². The molecular weight excluding hydrogens is 274 g/mol. The molecule has 1 saturated heterocycles. The number of β-amino-alcohol motifs (C(OH)–C–C–N with tert-alkyl or cyclic N) is 1. The summed E-state index contributed by atoms with van der Waals surface area (Å²) in [7, 11) is 2.67. The van der Waals surface area contributed by atoms with Crippen molar-refractivity contribution in [3.05, 3.63) is 35.4 Å². The van der Waals surface area contributed by atoms with Crippen LogP contribution in [0.5, 0.6) is 0 Å². The molecule has 114 valence electrons. The maximum absolute atomic E-state index is 11.7. The molecule has 21 heavy (non-hydrogen) atoms. The maximum Gasteiger partial charge on any atom is 0.337 e. The van der Waals surface area contributed by atoms with E-state index in [9.17, 15) is 14.7 Å². The summed E-state index contributed by atoms with van der Waals surface area (Å²) in [6.45, 7) is 0.865. The van der Waals surface area contributed by atoms with Crippen molar-refractivity contribution in [2.75, 3.05) is 20.8 Å². The molecule has 1 heterocycles. The molecule has 2 atom stereocenters. The summed E-state index contributed by atoms with van der Waals surface area (Å²) in [6.07, 6.45) is -0.179. The van der Waals surface area contributed by atoms with E-state index in [0.29, 0.717) is 25.1 Å². The van der Waals surface area contributed by atoms with E-state index in [4.69, 9.17) is 4.74 Å². The largest absolute Gasteiger partial charge is 0.468 e. The van der Waals surface area contributed by atoms with Crippen molar-refractivity contribution in [1.82, 2.24) is 4.90 Å². The first-order valence-corrected chi connectivity index (χ1v) is 6.72. The van der Waals surface area contributed by atoms with E-state index >= 15 is 0 Å². The van der Waals surface area contributed by atoms with Crippen molar-refractivity contribution in [1.29, 1.82) is 0 Å². The number of aliphatic hydroxyl groups is 1. The fourth-order valence-corrected chi connectivity index (χ4v) is 2.58. The molecule has 0 aromatic heterocycles. The lowest BCUT2D eigenvalue weighted by molar-refractivity contribution is -0.146. The second-order valence-electron chi connectivity index (χ2n) is 5.05. The normalized spacial score (nSPS) is 22.0. The number of carbonyl (C=O) groups is 2. The number of aliphatic hydroxyl groups excluding tert-OH is 1. The SMILES string of the molecule is COC(=O)c1cccc(CN2CC(O)CC2C(=O)OC)c1. The Morgan fingerprint density at radius 3 is 2.76 bits per heavy atom. The Bertz CT molecular complexity index is 531. The fraction of sp³-hybridized carbons (Fsp3) is 0.467. The number of hydrogen-bond acceptors (Lipinski definition) is 6. The molecule has 0 radical (unpaired) electrons. The van der Waals surface area contributed by atoms with Gasteiger partial charge in [-0.15, -0.1) is 0 Å². The smallest absolute Gasteiger partial charge is 0.337 e. The number of methoxy groups -OCH3 is 2. The molecule has 1 aliphatic rings. The third-order valence-electron chi connectivity index (χ3n) is 3.59. The third-order valence-corrected chi connectivity index (χ3v) is 3.59. The first kappa shape index (κ1) is 15.5.